The Balaban J connectivity index is 1.70. The van der Waals surface area contributed by atoms with Crippen LogP contribution in [-0.2, 0) is 7.05 Å². The summed E-state index contributed by atoms with van der Waals surface area (Å²) in [4.78, 5) is 6.40. The third-order valence-electron chi connectivity index (χ3n) is 5.25. The normalized spacial score (nSPS) is 13.9. The first-order valence-corrected chi connectivity index (χ1v) is 10.2. The van der Waals surface area contributed by atoms with Gasteiger partial charge in [-0.05, 0) is 38.1 Å². The van der Waals surface area contributed by atoms with E-state index in [9.17, 15) is 5.11 Å². The van der Waals surface area contributed by atoms with Gasteiger partial charge in [0.15, 0.2) is 11.5 Å². The van der Waals surface area contributed by atoms with Crippen LogP contribution in [0.15, 0.2) is 42.2 Å². The van der Waals surface area contributed by atoms with Crippen molar-refractivity contribution in [3.63, 3.8) is 0 Å². The number of imidazole rings is 1. The number of aromatic nitrogens is 2. The predicted molar refractivity (Wildman–Crippen MR) is 121 cm³/mol. The summed E-state index contributed by atoms with van der Waals surface area (Å²) >= 11 is 0. The van der Waals surface area contributed by atoms with Crippen molar-refractivity contribution in [3.8, 4) is 17.2 Å². The van der Waals surface area contributed by atoms with Gasteiger partial charge >= 0.3 is 0 Å². The molecule has 0 fully saturated rings. The molecule has 4 rings (SSSR count). The van der Waals surface area contributed by atoms with Crippen molar-refractivity contribution < 1.29 is 19.3 Å². The highest BCUT2D eigenvalue weighted by Gasteiger charge is 2.32. The van der Waals surface area contributed by atoms with Crippen molar-refractivity contribution in [1.29, 1.82) is 5.41 Å². The van der Waals surface area contributed by atoms with Gasteiger partial charge in [0.25, 0.3) is 0 Å². The average molecular weight is 422 g/mol. The Bertz CT molecular complexity index is 1180. The highest BCUT2D eigenvalue weighted by atomic mass is 16.5. The number of nitrogens with zero attached hydrogens (tertiary/aromatic N) is 3. The monoisotopic (exact) mass is 422 g/mol. The maximum Gasteiger partial charge on any atom is 0.163 e. The van der Waals surface area contributed by atoms with E-state index in [0.29, 0.717) is 41.9 Å². The van der Waals surface area contributed by atoms with Crippen LogP contribution in [0, 0.1) is 5.41 Å². The van der Waals surface area contributed by atoms with E-state index >= 15 is 0 Å². The summed E-state index contributed by atoms with van der Waals surface area (Å²) in [6.45, 7) is 5.04. The topological polar surface area (TPSA) is 92.8 Å². The Labute approximate surface area is 180 Å². The smallest absolute Gasteiger partial charge is 0.163 e. The molecule has 8 nitrogen and oxygen atoms in total. The first kappa shape index (κ1) is 20.6. The van der Waals surface area contributed by atoms with E-state index in [0.717, 1.165) is 16.7 Å². The van der Waals surface area contributed by atoms with E-state index in [2.05, 4.69) is 4.98 Å². The molecule has 0 aliphatic carbocycles. The molecule has 0 spiro atoms. The zero-order valence-corrected chi connectivity index (χ0v) is 18.1. The Morgan fingerprint density at radius 3 is 2.52 bits per heavy atom. The van der Waals surface area contributed by atoms with Gasteiger partial charge in [-0.3, -0.25) is 5.41 Å². The van der Waals surface area contributed by atoms with E-state index < -0.39 is 0 Å². The molecule has 1 aromatic heterocycles. The molecule has 3 aromatic rings. The van der Waals surface area contributed by atoms with Gasteiger partial charge in [-0.1, -0.05) is 0 Å². The Kier molecular flexibility index (Phi) is 5.46. The van der Waals surface area contributed by atoms with Crippen molar-refractivity contribution in [2.75, 3.05) is 31.8 Å². The molecule has 0 bridgehead atoms. The predicted octanol–water partition coefficient (Wildman–Crippen LogP) is 4.15. The lowest BCUT2D eigenvalue weighted by Crippen LogP contribution is -2.26. The summed E-state index contributed by atoms with van der Waals surface area (Å²) in [5, 5.41) is 19.6. The lowest BCUT2D eigenvalue weighted by molar-refractivity contribution is 0.288. The van der Waals surface area contributed by atoms with Gasteiger partial charge in [-0.25, -0.2) is 4.98 Å². The third-order valence-corrected chi connectivity index (χ3v) is 5.25. The molecule has 1 aliphatic rings. The van der Waals surface area contributed by atoms with Gasteiger partial charge in [-0.2, -0.15) is 0 Å². The average Bonchev–Trinajstić information content (AvgIpc) is 3.24. The third kappa shape index (κ3) is 3.54. The van der Waals surface area contributed by atoms with Gasteiger partial charge in [0.05, 0.1) is 43.5 Å². The highest BCUT2D eigenvalue weighted by Crippen LogP contribution is 2.37. The summed E-state index contributed by atoms with van der Waals surface area (Å²) in [6.07, 6.45) is 0. The minimum absolute atomic E-state index is 0.0993. The van der Waals surface area contributed by atoms with Gasteiger partial charge in [0, 0.05) is 24.9 Å². The fourth-order valence-corrected chi connectivity index (χ4v) is 3.77. The summed E-state index contributed by atoms with van der Waals surface area (Å²) in [5.74, 6) is 2.77. The van der Waals surface area contributed by atoms with Crippen LogP contribution in [0.25, 0.3) is 16.6 Å². The maximum absolute atomic E-state index is 10.8. The molecule has 2 N–H and O–H groups in total. The van der Waals surface area contributed by atoms with Gasteiger partial charge in [0.2, 0.25) is 0 Å². The van der Waals surface area contributed by atoms with Gasteiger partial charge in [0.1, 0.15) is 23.2 Å². The number of aryl methyl sites for hydroxylation is 1. The van der Waals surface area contributed by atoms with E-state index in [1.165, 1.54) is 0 Å². The molecule has 0 amide bonds. The summed E-state index contributed by atoms with van der Waals surface area (Å²) in [7, 11) is 3.48. The zero-order chi connectivity index (χ0) is 22.1. The highest BCUT2D eigenvalue weighted by molar-refractivity contribution is 6.30. The standard InChI is InChI=1S/C23H26N4O4/c1-5-30-19-10-7-14(11-20(19)31-6-2)27-13-18(28)21(22(27)24)23-25-16-12-15(29-4)8-9-17(16)26(23)3/h7-12,24,28H,5-6,13H2,1-4H3. The maximum atomic E-state index is 10.8. The Morgan fingerprint density at radius 1 is 1.06 bits per heavy atom. The number of fused-ring (bicyclic) bond motifs is 1. The summed E-state index contributed by atoms with van der Waals surface area (Å²) < 4.78 is 18.5. The lowest BCUT2D eigenvalue weighted by atomic mass is 10.2. The quantitative estimate of drug-likeness (QED) is 0.594. The van der Waals surface area contributed by atoms with E-state index in [4.69, 9.17) is 19.6 Å². The van der Waals surface area contributed by atoms with Crippen molar-refractivity contribution >= 4 is 28.1 Å². The van der Waals surface area contributed by atoms with Crippen LogP contribution < -0.4 is 19.1 Å². The van der Waals surface area contributed by atoms with Gasteiger partial charge < -0.3 is 28.8 Å². The van der Waals surface area contributed by atoms with Gasteiger partial charge in [-0.15, -0.1) is 0 Å². The SMILES string of the molecule is CCOc1ccc(N2CC(O)=C(c3nc4cc(OC)ccc4n3C)C2=N)cc1OCC. The van der Waals surface area contributed by atoms with Crippen molar-refractivity contribution in [3.05, 3.63) is 48.0 Å². The number of aliphatic hydroxyl groups excluding tert-OH is 1. The summed E-state index contributed by atoms with van der Waals surface area (Å²) in [6, 6.07) is 11.1. The van der Waals surface area contributed by atoms with Crippen molar-refractivity contribution in [2.45, 2.75) is 13.8 Å². The molecule has 0 saturated carbocycles. The molecule has 2 aromatic carbocycles. The zero-order valence-electron chi connectivity index (χ0n) is 18.1. The van der Waals surface area contributed by atoms with Crippen LogP contribution in [0.4, 0.5) is 5.69 Å². The second-order valence-corrected chi connectivity index (χ2v) is 7.10. The molecule has 0 saturated heterocycles. The first-order chi connectivity index (χ1) is 15.0. The van der Waals surface area contributed by atoms with E-state index in [1.807, 2.05) is 61.9 Å². The number of nitrogens with one attached hydrogen (secondary N) is 1. The number of anilines is 1. The Hall–Kier alpha value is -3.68. The fraction of sp³-hybridized carbons (Fsp3) is 0.304. The largest absolute Gasteiger partial charge is 0.509 e. The van der Waals surface area contributed by atoms with Crippen LogP contribution in [-0.4, -0.2) is 47.4 Å². The molecule has 2 heterocycles. The number of amidine groups is 1. The van der Waals surface area contributed by atoms with Crippen LogP contribution in [0.2, 0.25) is 0 Å². The second-order valence-electron chi connectivity index (χ2n) is 7.10. The number of benzene rings is 2. The van der Waals surface area contributed by atoms with E-state index in [-0.39, 0.29) is 18.1 Å². The van der Waals surface area contributed by atoms with Crippen molar-refractivity contribution in [1.82, 2.24) is 9.55 Å². The number of ether oxygens (including phenoxy) is 3. The van der Waals surface area contributed by atoms with E-state index in [1.54, 1.807) is 12.0 Å². The molecule has 0 atom stereocenters. The number of rotatable bonds is 7. The Morgan fingerprint density at radius 2 is 1.81 bits per heavy atom. The number of hydrogen-bond donors (Lipinski definition) is 2. The number of hydrogen-bond acceptors (Lipinski definition) is 6. The second kappa shape index (κ2) is 8.22. The molecular weight excluding hydrogens is 396 g/mol. The molecule has 0 unspecified atom stereocenters. The van der Waals surface area contributed by atoms with Crippen LogP contribution in [0.5, 0.6) is 17.2 Å². The minimum atomic E-state index is 0.0993. The van der Waals surface area contributed by atoms with Crippen LogP contribution in [0.1, 0.15) is 19.7 Å². The molecule has 8 heteroatoms. The minimum Gasteiger partial charge on any atom is -0.509 e. The molecule has 0 radical (unpaired) electrons. The molecule has 1 aliphatic heterocycles. The summed E-state index contributed by atoms with van der Waals surface area (Å²) in [5.41, 5.74) is 2.77. The van der Waals surface area contributed by atoms with Crippen LogP contribution >= 0.6 is 0 Å². The molecular formula is C23H26N4O4. The molecule has 162 valence electrons. The van der Waals surface area contributed by atoms with Crippen molar-refractivity contribution in [2.24, 2.45) is 7.05 Å². The molecule has 31 heavy (non-hydrogen) atoms. The number of methoxy groups -OCH3 is 1. The van der Waals surface area contributed by atoms with Crippen LogP contribution in [0.3, 0.4) is 0 Å². The first-order valence-electron chi connectivity index (χ1n) is 10.2. The lowest BCUT2D eigenvalue weighted by Gasteiger charge is -2.21. The number of aliphatic hydroxyl groups is 1. The fourth-order valence-electron chi connectivity index (χ4n) is 3.77.